The van der Waals surface area contributed by atoms with Gasteiger partial charge < -0.3 is 4.74 Å². The van der Waals surface area contributed by atoms with Gasteiger partial charge in [-0.15, -0.1) is 0 Å². The van der Waals surface area contributed by atoms with Gasteiger partial charge in [-0.05, 0) is 68.6 Å². The van der Waals surface area contributed by atoms with E-state index in [-0.39, 0.29) is 29.4 Å². The van der Waals surface area contributed by atoms with Crippen LogP contribution in [0.2, 0.25) is 0 Å². The van der Waals surface area contributed by atoms with Crippen LogP contribution in [0.1, 0.15) is 63.9 Å². The standard InChI is InChI=1S/C25H28F4O/c1-3-5-6-7-16-8-10-17(11-9-16)18-12-13-19(23(27)22(18)26)20-14-15-21(30-4-2)25(29)24(20)28/h6-7,12-17H,3-5,8-11H2,1-2H3/b7-6+. The van der Waals surface area contributed by atoms with Crippen LogP contribution in [0.3, 0.4) is 0 Å². The summed E-state index contributed by atoms with van der Waals surface area (Å²) in [6, 6.07) is 5.31. The Bertz CT molecular complexity index is 899. The molecule has 0 heterocycles. The van der Waals surface area contributed by atoms with Crippen LogP contribution in [0.25, 0.3) is 11.1 Å². The maximum Gasteiger partial charge on any atom is 0.201 e. The molecule has 0 radical (unpaired) electrons. The van der Waals surface area contributed by atoms with E-state index in [2.05, 4.69) is 19.1 Å². The van der Waals surface area contributed by atoms with E-state index >= 15 is 0 Å². The lowest BCUT2D eigenvalue weighted by atomic mass is 9.78. The molecule has 1 aliphatic carbocycles. The summed E-state index contributed by atoms with van der Waals surface area (Å²) in [6.07, 6.45) is 10.0. The largest absolute Gasteiger partial charge is 0.491 e. The highest BCUT2D eigenvalue weighted by molar-refractivity contribution is 5.66. The SMILES string of the molecule is CCC/C=C/C1CCC(c2ccc(-c3ccc(OCC)c(F)c3F)c(F)c2F)CC1. The Hall–Kier alpha value is -2.30. The van der Waals surface area contributed by atoms with Gasteiger partial charge in [0.05, 0.1) is 6.61 Å². The molecule has 0 aliphatic heterocycles. The maximum atomic E-state index is 14.9. The molecule has 0 atom stereocenters. The molecule has 1 fully saturated rings. The third-order valence-corrected chi connectivity index (χ3v) is 5.82. The molecule has 0 spiro atoms. The molecule has 1 saturated carbocycles. The topological polar surface area (TPSA) is 9.23 Å². The minimum absolute atomic E-state index is 0.0636. The van der Waals surface area contributed by atoms with E-state index < -0.39 is 23.3 Å². The van der Waals surface area contributed by atoms with E-state index in [9.17, 15) is 17.6 Å². The monoisotopic (exact) mass is 420 g/mol. The summed E-state index contributed by atoms with van der Waals surface area (Å²) in [6.45, 7) is 3.95. The molecule has 2 aromatic rings. The molecule has 0 unspecified atom stereocenters. The molecule has 1 aliphatic rings. The Labute approximate surface area is 175 Å². The smallest absolute Gasteiger partial charge is 0.201 e. The molecule has 0 bridgehead atoms. The number of benzene rings is 2. The molecule has 0 N–H and O–H groups in total. The minimum atomic E-state index is -1.24. The Morgan fingerprint density at radius 3 is 2.10 bits per heavy atom. The van der Waals surface area contributed by atoms with Crippen molar-refractivity contribution in [2.75, 3.05) is 6.61 Å². The predicted octanol–water partition coefficient (Wildman–Crippen LogP) is 7.94. The highest BCUT2D eigenvalue weighted by Crippen LogP contribution is 2.40. The number of hydrogen-bond donors (Lipinski definition) is 0. The second-order valence-electron chi connectivity index (χ2n) is 7.83. The van der Waals surface area contributed by atoms with E-state index in [1.165, 1.54) is 24.3 Å². The van der Waals surface area contributed by atoms with Gasteiger partial charge in [-0.2, -0.15) is 4.39 Å². The van der Waals surface area contributed by atoms with Gasteiger partial charge in [0, 0.05) is 11.1 Å². The van der Waals surface area contributed by atoms with Gasteiger partial charge in [0.15, 0.2) is 23.2 Å². The van der Waals surface area contributed by atoms with Crippen molar-refractivity contribution < 1.29 is 22.3 Å². The van der Waals surface area contributed by atoms with Gasteiger partial charge in [0.25, 0.3) is 0 Å². The van der Waals surface area contributed by atoms with Crippen LogP contribution in [0, 0.1) is 29.2 Å². The number of ether oxygens (including phenoxy) is 1. The first-order chi connectivity index (χ1) is 14.5. The van der Waals surface area contributed by atoms with Gasteiger partial charge in [-0.25, -0.2) is 13.2 Å². The number of halogens is 4. The summed E-state index contributed by atoms with van der Waals surface area (Å²) in [5, 5.41) is 0. The average molecular weight is 420 g/mol. The van der Waals surface area contributed by atoms with Crippen LogP contribution in [0.4, 0.5) is 17.6 Å². The minimum Gasteiger partial charge on any atom is -0.491 e. The van der Waals surface area contributed by atoms with Crippen molar-refractivity contribution in [3.05, 3.63) is 65.2 Å². The van der Waals surface area contributed by atoms with Crippen LogP contribution in [-0.4, -0.2) is 6.61 Å². The van der Waals surface area contributed by atoms with Gasteiger partial charge in [0.2, 0.25) is 5.82 Å². The third-order valence-electron chi connectivity index (χ3n) is 5.82. The lowest BCUT2D eigenvalue weighted by Gasteiger charge is -2.27. The lowest BCUT2D eigenvalue weighted by molar-refractivity contribution is 0.314. The summed E-state index contributed by atoms with van der Waals surface area (Å²) in [5.41, 5.74) is -0.283. The normalized spacial score (nSPS) is 19.4. The highest BCUT2D eigenvalue weighted by atomic mass is 19.2. The second kappa shape index (κ2) is 10.1. The Balaban J connectivity index is 1.81. The van der Waals surface area contributed by atoms with Crippen molar-refractivity contribution in [3.8, 4) is 16.9 Å². The van der Waals surface area contributed by atoms with Crippen molar-refractivity contribution in [1.29, 1.82) is 0 Å². The van der Waals surface area contributed by atoms with Crippen LogP contribution < -0.4 is 4.74 Å². The van der Waals surface area contributed by atoms with E-state index in [0.717, 1.165) is 38.5 Å². The first-order valence-electron chi connectivity index (χ1n) is 10.7. The molecule has 2 aromatic carbocycles. The van der Waals surface area contributed by atoms with E-state index in [4.69, 9.17) is 4.74 Å². The second-order valence-corrected chi connectivity index (χ2v) is 7.83. The quantitative estimate of drug-likeness (QED) is 0.326. The Morgan fingerprint density at radius 1 is 0.833 bits per heavy atom. The lowest BCUT2D eigenvalue weighted by Crippen LogP contribution is -2.14. The maximum absolute atomic E-state index is 14.9. The summed E-state index contributed by atoms with van der Waals surface area (Å²) >= 11 is 0. The summed E-state index contributed by atoms with van der Waals surface area (Å²) in [7, 11) is 0. The van der Waals surface area contributed by atoms with E-state index in [1.54, 1.807) is 6.92 Å². The number of hydrogen-bond acceptors (Lipinski definition) is 1. The van der Waals surface area contributed by atoms with E-state index in [1.807, 2.05) is 0 Å². The fourth-order valence-corrected chi connectivity index (χ4v) is 4.17. The molecule has 0 aromatic heterocycles. The van der Waals surface area contributed by atoms with Crippen LogP contribution in [-0.2, 0) is 0 Å². The fraction of sp³-hybridized carbons (Fsp3) is 0.440. The Morgan fingerprint density at radius 2 is 1.47 bits per heavy atom. The molecule has 162 valence electrons. The molecule has 0 saturated heterocycles. The summed E-state index contributed by atoms with van der Waals surface area (Å²) in [4.78, 5) is 0. The predicted molar refractivity (Wildman–Crippen MR) is 112 cm³/mol. The van der Waals surface area contributed by atoms with E-state index in [0.29, 0.717) is 11.5 Å². The first kappa shape index (κ1) is 22.4. The highest BCUT2D eigenvalue weighted by Gasteiger charge is 2.27. The zero-order valence-electron chi connectivity index (χ0n) is 17.5. The number of unbranched alkanes of at least 4 members (excludes halogenated alkanes) is 1. The molecule has 5 heteroatoms. The zero-order chi connectivity index (χ0) is 21.7. The molecule has 30 heavy (non-hydrogen) atoms. The van der Waals surface area contributed by atoms with Crippen molar-refractivity contribution >= 4 is 0 Å². The molecular formula is C25H28F4O. The fourth-order valence-electron chi connectivity index (χ4n) is 4.17. The number of allylic oxidation sites excluding steroid dienone is 2. The Kier molecular flexibility index (Phi) is 7.57. The summed E-state index contributed by atoms with van der Waals surface area (Å²) < 4.78 is 63.4. The van der Waals surface area contributed by atoms with Crippen LogP contribution in [0.15, 0.2) is 36.4 Å². The van der Waals surface area contributed by atoms with Crippen molar-refractivity contribution in [2.24, 2.45) is 5.92 Å². The molecule has 0 amide bonds. The van der Waals surface area contributed by atoms with Gasteiger partial charge in [-0.1, -0.05) is 37.6 Å². The van der Waals surface area contributed by atoms with Crippen LogP contribution in [0.5, 0.6) is 5.75 Å². The zero-order valence-corrected chi connectivity index (χ0v) is 17.5. The summed E-state index contributed by atoms with van der Waals surface area (Å²) in [5.74, 6) is -4.38. The van der Waals surface area contributed by atoms with Crippen molar-refractivity contribution in [2.45, 2.75) is 58.3 Å². The van der Waals surface area contributed by atoms with Crippen molar-refractivity contribution in [3.63, 3.8) is 0 Å². The van der Waals surface area contributed by atoms with Gasteiger partial charge in [0.1, 0.15) is 0 Å². The first-order valence-corrected chi connectivity index (χ1v) is 10.7. The molecular weight excluding hydrogens is 392 g/mol. The number of rotatable bonds is 7. The van der Waals surface area contributed by atoms with Gasteiger partial charge in [-0.3, -0.25) is 0 Å². The van der Waals surface area contributed by atoms with Gasteiger partial charge >= 0.3 is 0 Å². The average Bonchev–Trinajstić information content (AvgIpc) is 2.75. The molecule has 1 nitrogen and oxygen atoms in total. The third kappa shape index (κ3) is 4.71. The molecule has 3 rings (SSSR count). The van der Waals surface area contributed by atoms with Crippen LogP contribution >= 0.6 is 0 Å². The van der Waals surface area contributed by atoms with Crippen molar-refractivity contribution in [1.82, 2.24) is 0 Å².